The minimum Gasteiger partial charge on any atom is -0.356 e. The van der Waals surface area contributed by atoms with Crippen molar-refractivity contribution in [2.75, 3.05) is 0 Å². The minimum atomic E-state index is -0.480. The molecule has 0 aliphatic carbocycles. The standard InChI is InChI=1S/C11H14BNO2S/c1-7-2-3-8(10(16)4-7)5-9(6-14)13-11(12)15/h2-4,6,9,16H,5,12H2,1H3,(H,13,15). The molecule has 0 fully saturated rings. The maximum absolute atomic E-state index is 10.9. The monoisotopic (exact) mass is 235 g/mol. The molecule has 0 aliphatic heterocycles. The summed E-state index contributed by atoms with van der Waals surface area (Å²) in [6.45, 7) is 1.98. The van der Waals surface area contributed by atoms with E-state index in [4.69, 9.17) is 0 Å². The Balaban J connectivity index is 2.77. The van der Waals surface area contributed by atoms with Crippen LogP contribution in [0.25, 0.3) is 0 Å². The summed E-state index contributed by atoms with van der Waals surface area (Å²) in [6, 6.07) is 5.35. The molecule has 16 heavy (non-hydrogen) atoms. The molecule has 1 rings (SSSR count). The van der Waals surface area contributed by atoms with Crippen molar-refractivity contribution in [1.29, 1.82) is 0 Å². The molecule has 1 atom stereocenters. The molecular formula is C11H14BNO2S. The first-order valence-electron chi connectivity index (χ1n) is 5.04. The fraction of sp³-hybridized carbons (Fsp3) is 0.273. The van der Waals surface area contributed by atoms with Gasteiger partial charge in [0.05, 0.1) is 6.04 Å². The van der Waals surface area contributed by atoms with Crippen LogP contribution in [-0.4, -0.2) is 26.0 Å². The molecule has 3 nitrogen and oxygen atoms in total. The van der Waals surface area contributed by atoms with E-state index in [0.717, 1.165) is 22.3 Å². The lowest BCUT2D eigenvalue weighted by molar-refractivity contribution is -0.109. The van der Waals surface area contributed by atoms with Gasteiger partial charge in [0.15, 0.2) is 5.81 Å². The predicted octanol–water partition coefficient (Wildman–Crippen LogP) is 0.736. The number of thiol groups is 1. The van der Waals surface area contributed by atoms with E-state index < -0.39 is 6.04 Å². The van der Waals surface area contributed by atoms with Gasteiger partial charge in [-0.05, 0) is 18.6 Å². The Bertz CT molecular complexity index is 409. The van der Waals surface area contributed by atoms with E-state index in [1.165, 1.54) is 7.85 Å². The molecule has 0 saturated heterocycles. The van der Waals surface area contributed by atoms with Gasteiger partial charge in [0.1, 0.15) is 6.29 Å². The molecule has 0 aliphatic rings. The average Bonchev–Trinajstić information content (AvgIpc) is 2.20. The van der Waals surface area contributed by atoms with Crippen LogP contribution < -0.4 is 5.32 Å². The van der Waals surface area contributed by atoms with E-state index >= 15 is 0 Å². The van der Waals surface area contributed by atoms with Gasteiger partial charge >= 0.3 is 0 Å². The molecule has 5 heteroatoms. The molecule has 1 amide bonds. The van der Waals surface area contributed by atoms with E-state index in [-0.39, 0.29) is 5.81 Å². The van der Waals surface area contributed by atoms with Gasteiger partial charge < -0.3 is 10.1 Å². The molecule has 1 aromatic carbocycles. The lowest BCUT2D eigenvalue weighted by Crippen LogP contribution is -2.36. The third kappa shape index (κ3) is 3.74. The topological polar surface area (TPSA) is 46.2 Å². The average molecular weight is 235 g/mol. The number of carbonyl (C=O) groups is 2. The second-order valence-electron chi connectivity index (χ2n) is 3.78. The highest BCUT2D eigenvalue weighted by atomic mass is 32.1. The number of carbonyl (C=O) groups excluding carboxylic acids is 2. The van der Waals surface area contributed by atoms with E-state index in [1.807, 2.05) is 25.1 Å². The van der Waals surface area contributed by atoms with Crippen molar-refractivity contribution < 1.29 is 9.59 Å². The van der Waals surface area contributed by atoms with Crippen molar-refractivity contribution in [2.45, 2.75) is 24.3 Å². The van der Waals surface area contributed by atoms with Crippen LogP contribution in [0.4, 0.5) is 4.79 Å². The SMILES string of the molecule is BC(=O)NC(C=O)Cc1ccc(C)cc1S. The van der Waals surface area contributed by atoms with E-state index in [9.17, 15) is 9.59 Å². The molecule has 0 spiro atoms. The van der Waals surface area contributed by atoms with Crippen LogP contribution in [-0.2, 0) is 11.2 Å². The first-order chi connectivity index (χ1) is 7.52. The zero-order chi connectivity index (χ0) is 12.1. The molecule has 84 valence electrons. The molecule has 0 heterocycles. The Morgan fingerprint density at radius 3 is 2.81 bits per heavy atom. The van der Waals surface area contributed by atoms with Gasteiger partial charge in [0.2, 0.25) is 7.85 Å². The maximum Gasteiger partial charge on any atom is 0.215 e. The van der Waals surface area contributed by atoms with Crippen LogP contribution in [0.15, 0.2) is 23.1 Å². The van der Waals surface area contributed by atoms with Crippen molar-refractivity contribution in [3.8, 4) is 0 Å². The van der Waals surface area contributed by atoms with Gasteiger partial charge in [0, 0.05) is 11.3 Å². The molecular weight excluding hydrogens is 221 g/mol. The Morgan fingerprint density at radius 1 is 1.62 bits per heavy atom. The molecule has 1 N–H and O–H groups in total. The Labute approximate surface area is 101 Å². The molecule has 0 radical (unpaired) electrons. The van der Waals surface area contributed by atoms with Crippen LogP contribution in [0.2, 0.25) is 0 Å². The zero-order valence-electron chi connectivity index (χ0n) is 9.36. The lowest BCUT2D eigenvalue weighted by Gasteiger charge is -2.13. The second-order valence-corrected chi connectivity index (χ2v) is 4.26. The molecule has 1 aromatic rings. The zero-order valence-corrected chi connectivity index (χ0v) is 10.3. The summed E-state index contributed by atoms with van der Waals surface area (Å²) < 4.78 is 0. The Morgan fingerprint density at radius 2 is 2.31 bits per heavy atom. The van der Waals surface area contributed by atoms with Crippen LogP contribution in [0.3, 0.4) is 0 Å². The summed E-state index contributed by atoms with van der Waals surface area (Å²) in [5, 5.41) is 2.58. The van der Waals surface area contributed by atoms with Crippen LogP contribution >= 0.6 is 12.6 Å². The highest BCUT2D eigenvalue weighted by molar-refractivity contribution is 7.80. The molecule has 0 saturated carbocycles. The van der Waals surface area contributed by atoms with Crippen molar-refractivity contribution in [2.24, 2.45) is 0 Å². The summed E-state index contributed by atoms with van der Waals surface area (Å²) in [5.41, 5.74) is 2.08. The van der Waals surface area contributed by atoms with E-state index in [2.05, 4.69) is 17.9 Å². The summed E-state index contributed by atoms with van der Waals surface area (Å²) in [7, 11) is 1.40. The number of aldehydes is 1. The van der Waals surface area contributed by atoms with Gasteiger partial charge in [-0.25, -0.2) is 0 Å². The van der Waals surface area contributed by atoms with Crippen molar-refractivity contribution in [3.63, 3.8) is 0 Å². The molecule has 1 unspecified atom stereocenters. The number of amides is 1. The summed E-state index contributed by atoms with van der Waals surface area (Å²) in [4.78, 5) is 22.5. The first kappa shape index (κ1) is 12.8. The fourth-order valence-electron chi connectivity index (χ4n) is 1.48. The number of benzene rings is 1. The quantitative estimate of drug-likeness (QED) is 0.459. The highest BCUT2D eigenvalue weighted by Gasteiger charge is 2.10. The van der Waals surface area contributed by atoms with Crippen molar-refractivity contribution in [3.05, 3.63) is 29.3 Å². The molecule has 0 aromatic heterocycles. The van der Waals surface area contributed by atoms with E-state index in [0.29, 0.717) is 6.42 Å². The highest BCUT2D eigenvalue weighted by Crippen LogP contribution is 2.17. The van der Waals surface area contributed by atoms with Crippen LogP contribution in [0, 0.1) is 6.92 Å². The van der Waals surface area contributed by atoms with Crippen LogP contribution in [0.1, 0.15) is 11.1 Å². The maximum atomic E-state index is 10.9. The fourth-order valence-corrected chi connectivity index (χ4v) is 1.85. The molecule has 0 bridgehead atoms. The number of rotatable bonds is 4. The summed E-state index contributed by atoms with van der Waals surface area (Å²) >= 11 is 4.34. The lowest BCUT2D eigenvalue weighted by atomic mass is 10.0. The third-order valence-corrected chi connectivity index (χ3v) is 2.65. The summed E-state index contributed by atoms with van der Waals surface area (Å²) in [6.07, 6.45) is 1.22. The number of aryl methyl sites for hydroxylation is 1. The second kappa shape index (κ2) is 5.75. The van der Waals surface area contributed by atoms with Gasteiger partial charge in [-0.1, -0.05) is 17.7 Å². The minimum absolute atomic E-state index is 0.204. The predicted molar refractivity (Wildman–Crippen MR) is 69.1 cm³/mol. The van der Waals surface area contributed by atoms with Crippen molar-refractivity contribution >= 4 is 32.6 Å². The number of hydrogen-bond acceptors (Lipinski definition) is 3. The van der Waals surface area contributed by atoms with Gasteiger partial charge in [-0.3, -0.25) is 4.79 Å². The van der Waals surface area contributed by atoms with Gasteiger partial charge in [-0.2, -0.15) is 0 Å². The van der Waals surface area contributed by atoms with Gasteiger partial charge in [-0.15, -0.1) is 12.6 Å². The largest absolute Gasteiger partial charge is 0.356 e. The smallest absolute Gasteiger partial charge is 0.215 e. The van der Waals surface area contributed by atoms with Crippen molar-refractivity contribution in [1.82, 2.24) is 5.32 Å². The third-order valence-electron chi connectivity index (χ3n) is 2.23. The Hall–Kier alpha value is -1.23. The van der Waals surface area contributed by atoms with E-state index in [1.54, 1.807) is 0 Å². The summed E-state index contributed by atoms with van der Waals surface area (Å²) in [5.74, 6) is -0.204. The first-order valence-corrected chi connectivity index (χ1v) is 5.48. The normalized spacial score (nSPS) is 11.9. The van der Waals surface area contributed by atoms with Crippen LogP contribution in [0.5, 0.6) is 0 Å². The number of nitrogens with one attached hydrogen (secondary N) is 1. The van der Waals surface area contributed by atoms with Gasteiger partial charge in [0.25, 0.3) is 0 Å². The number of hydrogen-bond donors (Lipinski definition) is 2. The Kier molecular flexibility index (Phi) is 4.61.